The fourth-order valence-corrected chi connectivity index (χ4v) is 5.03. The van der Waals surface area contributed by atoms with Gasteiger partial charge in [0.15, 0.2) is 0 Å². The number of likely N-dealkylation sites (tertiary alicyclic amines) is 2. The highest BCUT2D eigenvalue weighted by Crippen LogP contribution is 2.24. The van der Waals surface area contributed by atoms with Gasteiger partial charge < -0.3 is 15.1 Å². The fraction of sp³-hybridized carbons (Fsp3) is 0.556. The van der Waals surface area contributed by atoms with Crippen molar-refractivity contribution in [1.82, 2.24) is 15.1 Å². The highest BCUT2D eigenvalue weighted by molar-refractivity contribution is 6.07. The van der Waals surface area contributed by atoms with Gasteiger partial charge in [0.25, 0.3) is 5.91 Å². The molecule has 0 unspecified atom stereocenters. The zero-order chi connectivity index (χ0) is 22.3. The number of benzene rings is 2. The highest BCUT2D eigenvalue weighted by Gasteiger charge is 2.28. The van der Waals surface area contributed by atoms with Crippen molar-refractivity contribution >= 4 is 22.6 Å². The minimum atomic E-state index is 0.0233. The molecule has 2 saturated heterocycles. The van der Waals surface area contributed by atoms with E-state index in [-0.39, 0.29) is 17.7 Å². The van der Waals surface area contributed by atoms with Crippen LogP contribution in [0.3, 0.4) is 0 Å². The summed E-state index contributed by atoms with van der Waals surface area (Å²) in [5.41, 5.74) is 0.758. The molecule has 172 valence electrons. The van der Waals surface area contributed by atoms with Crippen LogP contribution in [0.5, 0.6) is 0 Å². The Morgan fingerprint density at radius 3 is 2.41 bits per heavy atom. The predicted molar refractivity (Wildman–Crippen MR) is 130 cm³/mol. The van der Waals surface area contributed by atoms with Crippen LogP contribution in [0, 0.1) is 11.8 Å². The molecule has 32 heavy (non-hydrogen) atoms. The molecule has 2 aliphatic heterocycles. The van der Waals surface area contributed by atoms with Gasteiger partial charge in [-0.1, -0.05) is 43.3 Å². The monoisotopic (exact) mass is 435 g/mol. The summed E-state index contributed by atoms with van der Waals surface area (Å²) in [6, 6.07) is 13.9. The SMILES string of the molecule is CC1CCN(CCCCNC(=O)C2CCN(C(=O)c3cccc4ccccc34)CC2)CC1. The lowest BCUT2D eigenvalue weighted by Crippen LogP contribution is -2.43. The van der Waals surface area contributed by atoms with Crippen molar-refractivity contribution < 1.29 is 9.59 Å². The highest BCUT2D eigenvalue weighted by atomic mass is 16.2. The summed E-state index contributed by atoms with van der Waals surface area (Å²) in [4.78, 5) is 30.2. The molecule has 0 saturated carbocycles. The molecule has 1 N–H and O–H groups in total. The Bertz CT molecular complexity index is 907. The van der Waals surface area contributed by atoms with Crippen LogP contribution < -0.4 is 5.32 Å². The summed E-state index contributed by atoms with van der Waals surface area (Å²) in [6.07, 6.45) is 6.31. The molecule has 2 aromatic rings. The van der Waals surface area contributed by atoms with Gasteiger partial charge >= 0.3 is 0 Å². The normalized spacial score (nSPS) is 18.7. The number of hydrogen-bond acceptors (Lipinski definition) is 3. The van der Waals surface area contributed by atoms with Crippen molar-refractivity contribution in [3.8, 4) is 0 Å². The number of amides is 2. The molecule has 0 bridgehead atoms. The first kappa shape index (κ1) is 22.8. The summed E-state index contributed by atoms with van der Waals surface area (Å²) in [7, 11) is 0. The van der Waals surface area contributed by atoms with Crippen LogP contribution in [0.25, 0.3) is 10.8 Å². The topological polar surface area (TPSA) is 52.7 Å². The first-order valence-electron chi connectivity index (χ1n) is 12.4. The van der Waals surface area contributed by atoms with Crippen molar-refractivity contribution in [2.75, 3.05) is 39.3 Å². The Morgan fingerprint density at radius 1 is 0.906 bits per heavy atom. The van der Waals surface area contributed by atoms with E-state index in [9.17, 15) is 9.59 Å². The van der Waals surface area contributed by atoms with Gasteiger partial charge in [-0.2, -0.15) is 0 Å². The molecule has 0 atom stereocenters. The average molecular weight is 436 g/mol. The number of nitrogens with one attached hydrogen (secondary N) is 1. The maximum absolute atomic E-state index is 13.1. The number of fused-ring (bicyclic) bond motifs is 1. The van der Waals surface area contributed by atoms with Crippen LogP contribution in [0.4, 0.5) is 0 Å². The third kappa shape index (κ3) is 5.69. The zero-order valence-electron chi connectivity index (χ0n) is 19.4. The summed E-state index contributed by atoms with van der Waals surface area (Å²) in [5.74, 6) is 1.14. The van der Waals surface area contributed by atoms with Crippen LogP contribution in [0.15, 0.2) is 42.5 Å². The van der Waals surface area contributed by atoms with Crippen molar-refractivity contribution in [2.24, 2.45) is 11.8 Å². The lowest BCUT2D eigenvalue weighted by molar-refractivity contribution is -0.126. The van der Waals surface area contributed by atoms with Gasteiger partial charge in [0.05, 0.1) is 0 Å². The van der Waals surface area contributed by atoms with Crippen molar-refractivity contribution in [3.63, 3.8) is 0 Å². The molecule has 5 nitrogen and oxygen atoms in total. The second-order valence-corrected chi connectivity index (χ2v) is 9.62. The molecular weight excluding hydrogens is 398 g/mol. The fourth-order valence-electron chi connectivity index (χ4n) is 5.03. The van der Waals surface area contributed by atoms with E-state index in [1.54, 1.807) is 0 Å². The molecule has 0 spiro atoms. The Morgan fingerprint density at radius 2 is 1.62 bits per heavy atom. The number of carbonyl (C=O) groups is 2. The van der Waals surface area contributed by atoms with Gasteiger partial charge in [-0.3, -0.25) is 9.59 Å². The maximum Gasteiger partial charge on any atom is 0.254 e. The second kappa shape index (κ2) is 11.0. The summed E-state index contributed by atoms with van der Waals surface area (Å²) in [6.45, 7) is 8.00. The molecule has 2 aliphatic rings. The summed E-state index contributed by atoms with van der Waals surface area (Å²) in [5, 5.41) is 5.22. The zero-order valence-corrected chi connectivity index (χ0v) is 19.4. The van der Waals surface area contributed by atoms with Gasteiger partial charge in [0, 0.05) is 31.1 Å². The molecule has 2 amide bonds. The van der Waals surface area contributed by atoms with Gasteiger partial charge in [-0.25, -0.2) is 0 Å². The maximum atomic E-state index is 13.1. The number of nitrogens with zero attached hydrogens (tertiary/aromatic N) is 2. The third-order valence-electron chi connectivity index (χ3n) is 7.25. The minimum Gasteiger partial charge on any atom is -0.356 e. The number of rotatable bonds is 7. The minimum absolute atomic E-state index is 0.0233. The average Bonchev–Trinajstić information content (AvgIpc) is 2.84. The standard InChI is InChI=1S/C27H37N3O2/c1-21-11-17-29(18-12-21)16-5-4-15-28-26(31)23-13-19-30(20-14-23)27(32)25-10-6-8-22-7-2-3-9-24(22)25/h2-3,6-10,21,23H,4-5,11-20H2,1H3,(H,28,31). The molecular formula is C27H37N3O2. The number of hydrogen-bond donors (Lipinski definition) is 1. The van der Waals surface area contributed by atoms with Crippen molar-refractivity contribution in [2.45, 2.75) is 45.4 Å². The molecule has 5 heteroatoms. The van der Waals surface area contributed by atoms with Crippen LogP contribution in [-0.2, 0) is 4.79 Å². The summed E-state index contributed by atoms with van der Waals surface area (Å²) >= 11 is 0. The molecule has 2 aromatic carbocycles. The number of piperidine rings is 2. The van der Waals surface area contributed by atoms with Crippen molar-refractivity contribution in [1.29, 1.82) is 0 Å². The lowest BCUT2D eigenvalue weighted by Gasteiger charge is -2.32. The van der Waals surface area contributed by atoms with Gasteiger partial charge in [-0.15, -0.1) is 0 Å². The van der Waals surface area contributed by atoms with E-state index in [0.29, 0.717) is 13.1 Å². The first-order valence-corrected chi connectivity index (χ1v) is 12.4. The Hall–Kier alpha value is -2.40. The van der Waals surface area contributed by atoms with Crippen LogP contribution in [0.1, 0.15) is 55.8 Å². The summed E-state index contributed by atoms with van der Waals surface area (Å²) < 4.78 is 0. The van der Waals surface area contributed by atoms with E-state index in [1.165, 1.54) is 25.9 Å². The van der Waals surface area contributed by atoms with Crippen LogP contribution in [0.2, 0.25) is 0 Å². The first-order chi connectivity index (χ1) is 15.6. The van der Waals surface area contributed by atoms with Gasteiger partial charge in [0.1, 0.15) is 0 Å². The Labute approximate surface area is 192 Å². The van der Waals surface area contributed by atoms with E-state index in [2.05, 4.69) is 17.1 Å². The van der Waals surface area contributed by atoms with E-state index < -0.39 is 0 Å². The molecule has 0 aliphatic carbocycles. The Balaban J connectivity index is 1.17. The van der Waals surface area contributed by atoms with E-state index in [0.717, 1.165) is 61.0 Å². The van der Waals surface area contributed by atoms with Crippen molar-refractivity contribution in [3.05, 3.63) is 48.0 Å². The molecule has 0 radical (unpaired) electrons. The Kier molecular flexibility index (Phi) is 7.80. The molecule has 0 aromatic heterocycles. The molecule has 2 heterocycles. The smallest absolute Gasteiger partial charge is 0.254 e. The number of carbonyl (C=O) groups excluding carboxylic acids is 2. The number of unbranched alkanes of at least 4 members (excludes halogenated alkanes) is 1. The van der Waals surface area contributed by atoms with E-state index in [1.807, 2.05) is 47.4 Å². The van der Waals surface area contributed by atoms with Gasteiger partial charge in [-0.05, 0) is 80.9 Å². The molecule has 2 fully saturated rings. The third-order valence-corrected chi connectivity index (χ3v) is 7.25. The van der Waals surface area contributed by atoms with E-state index >= 15 is 0 Å². The second-order valence-electron chi connectivity index (χ2n) is 9.62. The van der Waals surface area contributed by atoms with Crippen LogP contribution in [-0.4, -0.2) is 60.9 Å². The van der Waals surface area contributed by atoms with E-state index in [4.69, 9.17) is 0 Å². The lowest BCUT2D eigenvalue weighted by atomic mass is 9.94. The quantitative estimate of drug-likeness (QED) is 0.659. The van der Waals surface area contributed by atoms with Gasteiger partial charge in [0.2, 0.25) is 5.91 Å². The molecule has 4 rings (SSSR count). The predicted octanol–water partition coefficient (Wildman–Crippen LogP) is 4.32. The van der Waals surface area contributed by atoms with Crippen LogP contribution >= 0.6 is 0 Å². The largest absolute Gasteiger partial charge is 0.356 e.